The molecule has 1 atom stereocenters. The number of carbonyl (C=O) groups excluding carboxylic acids is 3. The summed E-state index contributed by atoms with van der Waals surface area (Å²) in [6.45, 7) is 19.8. The van der Waals surface area contributed by atoms with E-state index in [0.29, 0.717) is 17.6 Å². The highest BCUT2D eigenvalue weighted by atomic mass is 16.3. The molecule has 0 aromatic carbocycles. The molecule has 2 rings (SSSR count). The summed E-state index contributed by atoms with van der Waals surface area (Å²) in [6.07, 6.45) is 28.0. The molecule has 1 N–H and O–H groups in total. The van der Waals surface area contributed by atoms with Crippen molar-refractivity contribution in [2.24, 2.45) is 10.8 Å². The minimum atomic E-state index is -0.908. The van der Waals surface area contributed by atoms with Gasteiger partial charge in [-0.3, -0.25) is 14.4 Å². The first-order valence-electron chi connectivity index (χ1n) is 15.3. The lowest BCUT2D eigenvalue weighted by Gasteiger charge is -2.34. The van der Waals surface area contributed by atoms with Crippen LogP contribution in [-0.2, 0) is 14.4 Å². The standard InChI is InChI=1S/C40H50O4/c1-27(17-13-19-29(3)21-23-33-31(5)37(43)35(41)25-39(33,7)8)15-11-12-16-28(2)18-14-20-30(4)22-24-34-32(6)38(44)36(42)26-40(34,9)10/h11-24,35,41H,25-26H2,1-10H3/b12-11+,17-13?,18-14+,23-21?,24-22+,27-15?,28-16+,29-19?,30-20+. The van der Waals surface area contributed by atoms with Gasteiger partial charge in [0.2, 0.25) is 11.6 Å². The molecule has 0 aromatic rings. The molecule has 0 heterocycles. The lowest BCUT2D eigenvalue weighted by molar-refractivity contribution is -0.136. The van der Waals surface area contributed by atoms with E-state index in [2.05, 4.69) is 19.9 Å². The highest BCUT2D eigenvalue weighted by Gasteiger charge is 2.37. The van der Waals surface area contributed by atoms with Gasteiger partial charge in [0.15, 0.2) is 5.78 Å². The van der Waals surface area contributed by atoms with E-state index >= 15 is 0 Å². The normalized spacial score (nSPS) is 22.9. The van der Waals surface area contributed by atoms with Gasteiger partial charge in [-0.1, -0.05) is 135 Å². The van der Waals surface area contributed by atoms with Crippen LogP contribution < -0.4 is 0 Å². The summed E-state index contributed by atoms with van der Waals surface area (Å²) < 4.78 is 0. The largest absolute Gasteiger partial charge is 0.385 e. The summed E-state index contributed by atoms with van der Waals surface area (Å²) in [5.74, 6) is -0.851. The third-order valence-corrected chi connectivity index (χ3v) is 8.13. The first-order valence-corrected chi connectivity index (χ1v) is 15.3. The van der Waals surface area contributed by atoms with E-state index in [-0.39, 0.29) is 34.6 Å². The zero-order valence-corrected chi connectivity index (χ0v) is 28.2. The van der Waals surface area contributed by atoms with Crippen LogP contribution in [0.15, 0.2) is 130 Å². The van der Waals surface area contributed by atoms with Crippen molar-refractivity contribution in [2.45, 2.75) is 88.2 Å². The summed E-state index contributed by atoms with van der Waals surface area (Å²) in [7, 11) is 0. The lowest BCUT2D eigenvalue weighted by Crippen LogP contribution is -2.35. The van der Waals surface area contributed by atoms with Crippen LogP contribution in [0.25, 0.3) is 0 Å². The molecule has 1 unspecified atom stereocenters. The number of aliphatic hydroxyl groups is 1. The molecule has 0 saturated heterocycles. The third-order valence-electron chi connectivity index (χ3n) is 8.13. The van der Waals surface area contributed by atoms with Crippen molar-refractivity contribution in [1.82, 2.24) is 0 Å². The van der Waals surface area contributed by atoms with E-state index in [9.17, 15) is 19.5 Å². The Morgan fingerprint density at radius 2 is 1.05 bits per heavy atom. The van der Waals surface area contributed by atoms with Crippen LogP contribution in [0.4, 0.5) is 0 Å². The topological polar surface area (TPSA) is 71.4 Å². The molecule has 0 spiro atoms. The fraction of sp³-hybridized carbons (Fsp3) is 0.375. The average molecular weight is 595 g/mol. The average Bonchev–Trinajstić information content (AvgIpc) is 2.92. The van der Waals surface area contributed by atoms with Gasteiger partial charge in [-0.15, -0.1) is 0 Å². The number of ketones is 3. The summed E-state index contributed by atoms with van der Waals surface area (Å²) >= 11 is 0. The van der Waals surface area contributed by atoms with Gasteiger partial charge in [0.25, 0.3) is 0 Å². The maximum atomic E-state index is 12.2. The fourth-order valence-corrected chi connectivity index (χ4v) is 5.46. The Hall–Kier alpha value is -3.89. The lowest BCUT2D eigenvalue weighted by atomic mass is 9.71. The quantitative estimate of drug-likeness (QED) is 0.202. The van der Waals surface area contributed by atoms with Crippen molar-refractivity contribution in [3.8, 4) is 0 Å². The number of Topliss-reactive ketones (excluding diaryl/α,β-unsaturated/α-hetero) is 3. The third kappa shape index (κ3) is 10.4. The summed E-state index contributed by atoms with van der Waals surface area (Å²) in [5.41, 5.74) is 6.85. The fourth-order valence-electron chi connectivity index (χ4n) is 5.46. The van der Waals surface area contributed by atoms with Crippen molar-refractivity contribution in [1.29, 1.82) is 0 Å². The second-order valence-corrected chi connectivity index (χ2v) is 13.3. The molecule has 0 radical (unpaired) electrons. The Kier molecular flexibility index (Phi) is 13.0. The first kappa shape index (κ1) is 36.3. The van der Waals surface area contributed by atoms with Crippen LogP contribution >= 0.6 is 0 Å². The molecule has 2 aliphatic carbocycles. The molecule has 0 amide bonds. The van der Waals surface area contributed by atoms with Crippen molar-refractivity contribution >= 4 is 17.3 Å². The number of allylic oxidation sites excluding steroid dienone is 21. The van der Waals surface area contributed by atoms with E-state index in [1.807, 2.05) is 121 Å². The van der Waals surface area contributed by atoms with Crippen molar-refractivity contribution in [3.63, 3.8) is 0 Å². The summed E-state index contributed by atoms with van der Waals surface area (Å²) in [4.78, 5) is 36.3. The van der Waals surface area contributed by atoms with Crippen molar-refractivity contribution in [2.75, 3.05) is 0 Å². The second-order valence-electron chi connectivity index (χ2n) is 13.3. The van der Waals surface area contributed by atoms with E-state index in [1.54, 1.807) is 13.8 Å². The van der Waals surface area contributed by atoms with E-state index in [1.165, 1.54) is 0 Å². The van der Waals surface area contributed by atoms with Crippen molar-refractivity contribution < 1.29 is 19.5 Å². The van der Waals surface area contributed by atoms with Gasteiger partial charge < -0.3 is 5.11 Å². The SMILES string of the molecule is CC(C=CC1=C(C)C(=O)C(O)CC1(C)C)=CC=CC(C)=C/C=C/C=C(C)/C=C/C=C(C)/C=C/C1=C(C)C(=O)C(=O)CC1(C)C. The van der Waals surface area contributed by atoms with Gasteiger partial charge in [0, 0.05) is 12.0 Å². The summed E-state index contributed by atoms with van der Waals surface area (Å²) in [6, 6.07) is 0. The maximum Gasteiger partial charge on any atom is 0.224 e. The molecular weight excluding hydrogens is 544 g/mol. The molecule has 2 aliphatic rings. The number of hydrogen-bond donors (Lipinski definition) is 1. The Labute approximate surface area is 265 Å². The molecule has 0 aliphatic heterocycles. The molecule has 0 aromatic heterocycles. The van der Waals surface area contributed by atoms with Crippen LogP contribution in [0.5, 0.6) is 0 Å². The monoisotopic (exact) mass is 594 g/mol. The van der Waals surface area contributed by atoms with Crippen LogP contribution in [0.1, 0.15) is 82.1 Å². The zero-order chi connectivity index (χ0) is 33.2. The Morgan fingerprint density at radius 3 is 1.52 bits per heavy atom. The molecule has 0 fully saturated rings. The predicted molar refractivity (Wildman–Crippen MR) is 184 cm³/mol. The molecular formula is C40H50O4. The van der Waals surface area contributed by atoms with Crippen LogP contribution in [0, 0.1) is 10.8 Å². The molecule has 234 valence electrons. The highest BCUT2D eigenvalue weighted by molar-refractivity contribution is 6.44. The maximum absolute atomic E-state index is 12.2. The molecule has 4 heteroatoms. The van der Waals surface area contributed by atoms with Crippen LogP contribution in [0.3, 0.4) is 0 Å². The van der Waals surface area contributed by atoms with Crippen molar-refractivity contribution in [3.05, 3.63) is 130 Å². The number of carbonyl (C=O) groups is 3. The smallest absolute Gasteiger partial charge is 0.224 e. The van der Waals surface area contributed by atoms with Gasteiger partial charge in [-0.25, -0.2) is 0 Å². The molecule has 0 saturated carbocycles. The van der Waals surface area contributed by atoms with Crippen LogP contribution in [-0.4, -0.2) is 28.6 Å². The second kappa shape index (κ2) is 15.7. The Balaban J connectivity index is 1.95. The Bertz CT molecular complexity index is 1500. The number of rotatable bonds is 10. The zero-order valence-electron chi connectivity index (χ0n) is 28.2. The van der Waals surface area contributed by atoms with Gasteiger partial charge in [-0.2, -0.15) is 0 Å². The van der Waals surface area contributed by atoms with E-state index < -0.39 is 6.10 Å². The van der Waals surface area contributed by atoms with Gasteiger partial charge >= 0.3 is 0 Å². The number of aliphatic hydroxyl groups excluding tert-OH is 1. The minimum Gasteiger partial charge on any atom is -0.385 e. The van der Waals surface area contributed by atoms with Gasteiger partial charge in [0.1, 0.15) is 6.10 Å². The Morgan fingerprint density at radius 1 is 0.636 bits per heavy atom. The molecule has 4 nitrogen and oxygen atoms in total. The first-order chi connectivity index (χ1) is 20.5. The summed E-state index contributed by atoms with van der Waals surface area (Å²) in [5, 5.41) is 10.0. The minimum absolute atomic E-state index is 0.177. The number of hydrogen-bond acceptors (Lipinski definition) is 4. The van der Waals surface area contributed by atoms with Gasteiger partial charge in [-0.05, 0) is 75.5 Å². The highest BCUT2D eigenvalue weighted by Crippen LogP contribution is 2.40. The van der Waals surface area contributed by atoms with Crippen LogP contribution in [0.2, 0.25) is 0 Å². The van der Waals surface area contributed by atoms with Gasteiger partial charge in [0.05, 0.1) is 0 Å². The predicted octanol–water partition coefficient (Wildman–Crippen LogP) is 9.11. The molecule has 0 bridgehead atoms. The van der Waals surface area contributed by atoms with E-state index in [4.69, 9.17) is 0 Å². The van der Waals surface area contributed by atoms with E-state index in [0.717, 1.165) is 33.4 Å². The molecule has 44 heavy (non-hydrogen) atoms.